The lowest BCUT2D eigenvalue weighted by Crippen LogP contribution is -2.17. The fourth-order valence-corrected chi connectivity index (χ4v) is 4.60. The van der Waals surface area contributed by atoms with Gasteiger partial charge in [-0.05, 0) is 31.6 Å². The highest BCUT2D eigenvalue weighted by atomic mass is 19.3. The Morgan fingerprint density at radius 3 is 1.26 bits per heavy atom. The van der Waals surface area contributed by atoms with Gasteiger partial charge in [0.2, 0.25) is 12.9 Å². The van der Waals surface area contributed by atoms with Crippen LogP contribution in [-0.4, -0.2) is 12.9 Å². The van der Waals surface area contributed by atoms with Crippen LogP contribution in [0.2, 0.25) is 0 Å². The van der Waals surface area contributed by atoms with E-state index in [0.717, 1.165) is 38.5 Å². The summed E-state index contributed by atoms with van der Waals surface area (Å²) in [5, 5.41) is 0. The number of halogens is 4. The zero-order valence-electron chi connectivity index (χ0n) is 20.8. The molecule has 3 atom stereocenters. The second-order valence-electron chi connectivity index (χ2n) is 9.93. The summed E-state index contributed by atoms with van der Waals surface area (Å²) < 4.78 is 53.7. The fraction of sp³-hybridized carbons (Fsp3) is 1.00. The lowest BCUT2D eigenvalue weighted by atomic mass is 9.86. The minimum Gasteiger partial charge on any atom is -0.210 e. The smallest absolute Gasteiger partial charge is 0.210 e. The molecule has 0 spiro atoms. The van der Waals surface area contributed by atoms with Gasteiger partial charge in [-0.3, -0.25) is 0 Å². The van der Waals surface area contributed by atoms with Gasteiger partial charge in [-0.2, -0.15) is 0 Å². The van der Waals surface area contributed by atoms with Crippen molar-refractivity contribution in [2.75, 3.05) is 0 Å². The Hall–Kier alpha value is -0.280. The number of rotatable bonds is 23. The van der Waals surface area contributed by atoms with Gasteiger partial charge in [-0.15, -0.1) is 0 Å². The minimum absolute atomic E-state index is 0.0962. The number of unbranched alkanes of at least 4 members (excludes halogenated alkanes) is 12. The largest absolute Gasteiger partial charge is 0.241 e. The topological polar surface area (TPSA) is 0 Å². The van der Waals surface area contributed by atoms with Crippen LogP contribution in [0.1, 0.15) is 143 Å². The van der Waals surface area contributed by atoms with Gasteiger partial charge < -0.3 is 0 Å². The number of alkyl halides is 4. The van der Waals surface area contributed by atoms with Crippen molar-refractivity contribution in [2.24, 2.45) is 17.8 Å². The average molecular weight is 453 g/mol. The van der Waals surface area contributed by atoms with Gasteiger partial charge >= 0.3 is 0 Å². The van der Waals surface area contributed by atoms with Crippen LogP contribution in [0.25, 0.3) is 0 Å². The number of hydrogen-bond donors (Lipinski definition) is 0. The van der Waals surface area contributed by atoms with Crippen molar-refractivity contribution in [3.8, 4) is 0 Å². The monoisotopic (exact) mass is 452 g/mol. The molecule has 0 aliphatic rings. The van der Waals surface area contributed by atoms with Crippen molar-refractivity contribution in [3.05, 3.63) is 0 Å². The van der Waals surface area contributed by atoms with Crippen LogP contribution < -0.4 is 0 Å². The highest BCUT2D eigenvalue weighted by Crippen LogP contribution is 2.30. The van der Waals surface area contributed by atoms with Crippen LogP contribution >= 0.6 is 0 Å². The Morgan fingerprint density at radius 1 is 0.452 bits per heavy atom. The molecule has 0 saturated heterocycles. The van der Waals surface area contributed by atoms with E-state index in [1.54, 1.807) is 0 Å². The van der Waals surface area contributed by atoms with Gasteiger partial charge in [0.1, 0.15) is 0 Å². The van der Waals surface area contributed by atoms with Gasteiger partial charge in [0.05, 0.1) is 0 Å². The van der Waals surface area contributed by atoms with Crippen molar-refractivity contribution in [1.29, 1.82) is 0 Å². The lowest BCUT2D eigenvalue weighted by molar-refractivity contribution is 0.0479. The fourth-order valence-electron chi connectivity index (χ4n) is 4.60. The van der Waals surface area contributed by atoms with Gasteiger partial charge in [0.25, 0.3) is 0 Å². The zero-order chi connectivity index (χ0) is 23.3. The van der Waals surface area contributed by atoms with E-state index in [1.807, 2.05) is 6.92 Å². The lowest BCUT2D eigenvalue weighted by Gasteiger charge is -2.22. The third kappa shape index (κ3) is 18.9. The third-order valence-corrected chi connectivity index (χ3v) is 6.81. The highest BCUT2D eigenvalue weighted by Gasteiger charge is 2.25. The summed E-state index contributed by atoms with van der Waals surface area (Å²) in [6.45, 7) is 6.34. The summed E-state index contributed by atoms with van der Waals surface area (Å²) >= 11 is 0. The normalized spacial score (nSPS) is 15.0. The molecule has 0 aliphatic heterocycles. The van der Waals surface area contributed by atoms with Crippen LogP contribution in [0.4, 0.5) is 17.6 Å². The first-order chi connectivity index (χ1) is 14.9. The van der Waals surface area contributed by atoms with Crippen LogP contribution in [-0.2, 0) is 0 Å². The van der Waals surface area contributed by atoms with Gasteiger partial charge in [0, 0.05) is 11.8 Å². The van der Waals surface area contributed by atoms with Gasteiger partial charge in [0.15, 0.2) is 0 Å². The van der Waals surface area contributed by atoms with Crippen LogP contribution in [0, 0.1) is 17.8 Å². The molecule has 188 valence electrons. The zero-order valence-corrected chi connectivity index (χ0v) is 20.8. The molecule has 0 bridgehead atoms. The molecule has 0 fully saturated rings. The first-order valence-electron chi connectivity index (χ1n) is 13.5. The van der Waals surface area contributed by atoms with E-state index in [1.165, 1.54) is 51.4 Å². The standard InChI is InChI=1S/C27H52F4/c1-4-6-8-10-12-14-16-18-24(26(28)29)21-20-23(3)22-25(27(30)31)19-17-15-13-11-9-7-5-2/h23-27H,4-22H2,1-3H3. The number of hydrogen-bond acceptors (Lipinski definition) is 0. The van der Waals surface area contributed by atoms with E-state index in [-0.39, 0.29) is 5.92 Å². The quantitative estimate of drug-likeness (QED) is 0.107. The molecule has 0 heterocycles. The minimum atomic E-state index is -2.29. The summed E-state index contributed by atoms with van der Waals surface area (Å²) in [4.78, 5) is 0. The third-order valence-electron chi connectivity index (χ3n) is 6.81. The molecular weight excluding hydrogens is 400 g/mol. The van der Waals surface area contributed by atoms with Crippen molar-refractivity contribution in [1.82, 2.24) is 0 Å². The molecule has 0 radical (unpaired) electrons. The predicted octanol–water partition coefficient (Wildman–Crippen LogP) is 10.8. The SMILES string of the molecule is CCCCCCCCCC(CCC(C)CC(CCCCCCCCC)C(F)F)C(F)F. The van der Waals surface area contributed by atoms with E-state index < -0.39 is 24.7 Å². The molecule has 0 aliphatic carbocycles. The molecule has 0 aromatic carbocycles. The highest BCUT2D eigenvalue weighted by molar-refractivity contribution is 4.70. The maximum Gasteiger partial charge on any atom is 0.241 e. The van der Waals surface area contributed by atoms with E-state index in [0.29, 0.717) is 32.1 Å². The van der Waals surface area contributed by atoms with Gasteiger partial charge in [-0.25, -0.2) is 17.6 Å². The maximum absolute atomic E-state index is 13.5. The Labute approximate surface area is 191 Å². The van der Waals surface area contributed by atoms with E-state index in [4.69, 9.17) is 0 Å². The molecule has 0 rings (SSSR count). The summed E-state index contributed by atoms with van der Waals surface area (Å²) in [6.07, 6.45) is 14.1. The van der Waals surface area contributed by atoms with Crippen LogP contribution in [0.15, 0.2) is 0 Å². The molecular formula is C27H52F4. The van der Waals surface area contributed by atoms with Gasteiger partial charge in [-0.1, -0.05) is 117 Å². The molecule has 0 aromatic heterocycles. The maximum atomic E-state index is 13.5. The second kappa shape index (κ2) is 21.6. The Bertz CT molecular complexity index is 359. The van der Waals surface area contributed by atoms with Crippen molar-refractivity contribution in [2.45, 2.75) is 156 Å². The summed E-state index contributed by atoms with van der Waals surface area (Å²) in [5.74, 6) is -1.04. The molecule has 0 amide bonds. The summed E-state index contributed by atoms with van der Waals surface area (Å²) in [5.41, 5.74) is 0. The molecule has 3 unspecified atom stereocenters. The second-order valence-corrected chi connectivity index (χ2v) is 9.93. The Morgan fingerprint density at radius 2 is 0.839 bits per heavy atom. The Kier molecular flexibility index (Phi) is 21.4. The van der Waals surface area contributed by atoms with Crippen molar-refractivity contribution >= 4 is 0 Å². The van der Waals surface area contributed by atoms with Crippen LogP contribution in [0.3, 0.4) is 0 Å². The van der Waals surface area contributed by atoms with Crippen LogP contribution in [0.5, 0.6) is 0 Å². The molecule has 31 heavy (non-hydrogen) atoms. The van der Waals surface area contributed by atoms with Crippen molar-refractivity contribution < 1.29 is 17.6 Å². The summed E-state index contributed by atoms with van der Waals surface area (Å²) in [6, 6.07) is 0. The molecule has 0 nitrogen and oxygen atoms in total. The van der Waals surface area contributed by atoms with E-state index >= 15 is 0 Å². The Balaban J connectivity index is 4.07. The molecule has 4 heteroatoms. The van der Waals surface area contributed by atoms with Crippen molar-refractivity contribution in [3.63, 3.8) is 0 Å². The summed E-state index contributed by atoms with van der Waals surface area (Å²) in [7, 11) is 0. The van der Waals surface area contributed by atoms with E-state index in [2.05, 4.69) is 13.8 Å². The molecule has 0 N–H and O–H groups in total. The van der Waals surface area contributed by atoms with E-state index in [9.17, 15) is 17.6 Å². The first-order valence-corrected chi connectivity index (χ1v) is 13.5. The predicted molar refractivity (Wildman–Crippen MR) is 127 cm³/mol. The first kappa shape index (κ1) is 30.7. The average Bonchev–Trinajstić information content (AvgIpc) is 2.73. The molecule has 0 saturated carbocycles. The molecule has 0 aromatic rings.